The maximum atomic E-state index is 12.5. The molecule has 1 aliphatic heterocycles. The second-order valence-corrected chi connectivity index (χ2v) is 9.21. The lowest BCUT2D eigenvalue weighted by molar-refractivity contribution is -0.144. The van der Waals surface area contributed by atoms with Crippen molar-refractivity contribution < 1.29 is 32.2 Å². The molecule has 160 valence electrons. The highest BCUT2D eigenvalue weighted by Crippen LogP contribution is 2.30. The molecule has 9 nitrogen and oxygen atoms in total. The Labute approximate surface area is 177 Å². The highest BCUT2D eigenvalue weighted by atomic mass is 32.2. The number of esters is 2. The Kier molecular flexibility index (Phi) is 6.32. The first-order valence-corrected chi connectivity index (χ1v) is 11.1. The first-order chi connectivity index (χ1) is 14.2. The Morgan fingerprint density at radius 2 is 1.90 bits per heavy atom. The van der Waals surface area contributed by atoms with Gasteiger partial charge in [-0.15, -0.1) is 11.3 Å². The summed E-state index contributed by atoms with van der Waals surface area (Å²) in [5.41, 5.74) is 1.27. The first kappa shape index (κ1) is 21.7. The molecule has 0 saturated carbocycles. The van der Waals surface area contributed by atoms with Crippen molar-refractivity contribution in [3.8, 4) is 0 Å². The van der Waals surface area contributed by atoms with E-state index in [1.165, 1.54) is 6.07 Å². The Balaban J connectivity index is 1.97. The molecule has 2 N–H and O–H groups in total. The minimum Gasteiger partial charge on any atom is -0.475 e. The quantitative estimate of drug-likeness (QED) is 0.307. The number of thiophene rings is 1. The van der Waals surface area contributed by atoms with Gasteiger partial charge in [-0.3, -0.25) is 4.72 Å². The molecular weight excluding hydrogens is 432 g/mol. The lowest BCUT2D eigenvalue weighted by Gasteiger charge is -2.16. The number of anilines is 2. The maximum absolute atomic E-state index is 12.5. The highest BCUT2D eigenvalue weighted by Gasteiger charge is 2.30. The predicted molar refractivity (Wildman–Crippen MR) is 111 cm³/mol. The molecular formula is C19H20N2O7S2. The zero-order chi connectivity index (χ0) is 21.9. The minimum atomic E-state index is -3.69. The average molecular weight is 453 g/mol. The van der Waals surface area contributed by atoms with Crippen molar-refractivity contribution >= 4 is 44.7 Å². The summed E-state index contributed by atoms with van der Waals surface area (Å²) in [7, 11) is -1.40. The van der Waals surface area contributed by atoms with Gasteiger partial charge in [0.05, 0.1) is 14.2 Å². The van der Waals surface area contributed by atoms with E-state index in [2.05, 4.69) is 19.5 Å². The third-order valence-electron chi connectivity index (χ3n) is 4.20. The van der Waals surface area contributed by atoms with Crippen molar-refractivity contribution in [3.05, 3.63) is 52.7 Å². The molecule has 30 heavy (non-hydrogen) atoms. The van der Waals surface area contributed by atoms with Crippen molar-refractivity contribution in [1.82, 2.24) is 0 Å². The van der Waals surface area contributed by atoms with Crippen LogP contribution in [0.3, 0.4) is 0 Å². The van der Waals surface area contributed by atoms with Crippen LogP contribution in [0, 0.1) is 0 Å². The molecule has 1 aromatic carbocycles. The number of methoxy groups -OCH3 is 2. The second kappa shape index (κ2) is 8.76. The number of carbonyl (C=O) groups is 2. The standard InChI is InChI=1S/C19H20N2O7S2/c1-11-9-12-10-13(21-30(24,25)15-5-4-8-29-15)6-7-14(12)20-17(28-11)16(18(22)26-2)19(23)27-3/h4-8,10-11,20-21H,9H2,1-3H3. The van der Waals surface area contributed by atoms with E-state index in [4.69, 9.17) is 4.74 Å². The number of carbonyl (C=O) groups excluding carboxylic acids is 2. The lowest BCUT2D eigenvalue weighted by Crippen LogP contribution is -2.23. The summed E-state index contributed by atoms with van der Waals surface area (Å²) in [5, 5.41) is 4.60. The Morgan fingerprint density at radius 3 is 2.50 bits per heavy atom. The third kappa shape index (κ3) is 4.57. The summed E-state index contributed by atoms with van der Waals surface area (Å²) in [6.45, 7) is 1.76. The van der Waals surface area contributed by atoms with Crippen LogP contribution < -0.4 is 10.0 Å². The largest absolute Gasteiger partial charge is 0.475 e. The number of benzene rings is 1. The van der Waals surface area contributed by atoms with Crippen LogP contribution in [0.4, 0.5) is 11.4 Å². The molecule has 1 aliphatic rings. The van der Waals surface area contributed by atoms with Crippen molar-refractivity contribution in [2.75, 3.05) is 24.3 Å². The van der Waals surface area contributed by atoms with Crippen LogP contribution in [0.2, 0.25) is 0 Å². The number of hydrogen-bond acceptors (Lipinski definition) is 9. The molecule has 1 unspecified atom stereocenters. The van der Waals surface area contributed by atoms with Crippen molar-refractivity contribution in [3.63, 3.8) is 0 Å². The minimum absolute atomic E-state index is 0.0909. The van der Waals surface area contributed by atoms with Gasteiger partial charge in [0.15, 0.2) is 0 Å². The molecule has 2 heterocycles. The van der Waals surface area contributed by atoms with Gasteiger partial charge in [0.2, 0.25) is 11.5 Å². The summed E-state index contributed by atoms with van der Waals surface area (Å²) in [4.78, 5) is 24.2. The average Bonchev–Trinajstić information content (AvgIpc) is 3.20. The van der Waals surface area contributed by atoms with Gasteiger partial charge in [0, 0.05) is 17.8 Å². The van der Waals surface area contributed by atoms with Crippen LogP contribution in [-0.2, 0) is 40.2 Å². The molecule has 1 atom stereocenters. The molecule has 0 radical (unpaired) electrons. The Morgan fingerprint density at radius 1 is 1.20 bits per heavy atom. The normalized spacial score (nSPS) is 15.7. The molecule has 2 aromatic rings. The van der Waals surface area contributed by atoms with Gasteiger partial charge < -0.3 is 19.5 Å². The smallest absolute Gasteiger partial charge is 0.350 e. The monoisotopic (exact) mass is 452 g/mol. The summed E-state index contributed by atoms with van der Waals surface area (Å²) in [6.07, 6.45) is -0.0297. The van der Waals surface area contributed by atoms with Crippen molar-refractivity contribution in [2.45, 2.75) is 23.7 Å². The number of hydrogen-bond donors (Lipinski definition) is 2. The Bertz CT molecular complexity index is 1070. The van der Waals surface area contributed by atoms with E-state index in [1.54, 1.807) is 36.6 Å². The van der Waals surface area contributed by atoms with Gasteiger partial charge in [-0.2, -0.15) is 0 Å². The maximum Gasteiger partial charge on any atom is 0.350 e. The number of sulfonamides is 1. The van der Waals surface area contributed by atoms with Gasteiger partial charge in [0.25, 0.3) is 10.0 Å². The van der Waals surface area contributed by atoms with E-state index < -0.39 is 33.6 Å². The van der Waals surface area contributed by atoms with E-state index in [0.29, 0.717) is 17.8 Å². The molecule has 0 fully saturated rings. The van der Waals surface area contributed by atoms with Crippen LogP contribution in [0.5, 0.6) is 0 Å². The summed E-state index contributed by atoms with van der Waals surface area (Å²) in [5.74, 6) is -1.90. The number of ether oxygens (including phenoxy) is 3. The molecule has 1 aromatic heterocycles. The molecule has 0 spiro atoms. The molecule has 11 heteroatoms. The van der Waals surface area contributed by atoms with Crippen LogP contribution in [-0.4, -0.2) is 40.7 Å². The van der Waals surface area contributed by atoms with Gasteiger partial charge in [-0.1, -0.05) is 6.07 Å². The summed E-state index contributed by atoms with van der Waals surface area (Å²) in [6, 6.07) is 8.06. The zero-order valence-corrected chi connectivity index (χ0v) is 18.1. The Hall–Kier alpha value is -3.05. The van der Waals surface area contributed by atoms with Crippen LogP contribution in [0.1, 0.15) is 12.5 Å². The van der Waals surface area contributed by atoms with Gasteiger partial charge in [-0.05, 0) is 42.1 Å². The van der Waals surface area contributed by atoms with Gasteiger partial charge >= 0.3 is 11.9 Å². The third-order valence-corrected chi connectivity index (χ3v) is 6.98. The first-order valence-electron chi connectivity index (χ1n) is 8.79. The molecule has 0 amide bonds. The van der Waals surface area contributed by atoms with E-state index in [-0.39, 0.29) is 10.1 Å². The predicted octanol–water partition coefficient (Wildman–Crippen LogP) is 2.48. The second-order valence-electron chi connectivity index (χ2n) is 6.35. The van der Waals surface area contributed by atoms with E-state index >= 15 is 0 Å². The van der Waals surface area contributed by atoms with Gasteiger partial charge in [0.1, 0.15) is 10.3 Å². The molecule has 3 rings (SSSR count). The number of rotatable bonds is 5. The van der Waals surface area contributed by atoms with Crippen LogP contribution >= 0.6 is 11.3 Å². The summed E-state index contributed by atoms with van der Waals surface area (Å²) >= 11 is 1.12. The van der Waals surface area contributed by atoms with Gasteiger partial charge in [-0.25, -0.2) is 18.0 Å². The highest BCUT2D eigenvalue weighted by molar-refractivity contribution is 7.94. The number of fused-ring (bicyclic) bond motifs is 1. The van der Waals surface area contributed by atoms with E-state index in [1.807, 2.05) is 0 Å². The van der Waals surface area contributed by atoms with Crippen LogP contribution in [0.15, 0.2) is 51.4 Å². The zero-order valence-electron chi connectivity index (χ0n) is 16.4. The van der Waals surface area contributed by atoms with Crippen molar-refractivity contribution in [2.24, 2.45) is 0 Å². The number of nitrogens with one attached hydrogen (secondary N) is 2. The summed E-state index contributed by atoms with van der Waals surface area (Å²) < 4.78 is 42.8. The fraction of sp³-hybridized carbons (Fsp3) is 0.263. The van der Waals surface area contributed by atoms with Crippen LogP contribution in [0.25, 0.3) is 0 Å². The fourth-order valence-electron chi connectivity index (χ4n) is 2.87. The lowest BCUT2D eigenvalue weighted by atomic mass is 10.1. The SMILES string of the molecule is COC(=O)C(C(=O)OC)=C1Nc2ccc(NS(=O)(=O)c3cccs3)cc2CC(C)O1. The molecule has 0 saturated heterocycles. The van der Waals surface area contributed by atoms with E-state index in [9.17, 15) is 18.0 Å². The topological polar surface area (TPSA) is 120 Å². The van der Waals surface area contributed by atoms with Crippen molar-refractivity contribution in [1.29, 1.82) is 0 Å². The fourth-order valence-corrected chi connectivity index (χ4v) is 4.91. The molecule has 0 bridgehead atoms. The van der Waals surface area contributed by atoms with E-state index in [0.717, 1.165) is 31.1 Å². The molecule has 0 aliphatic carbocycles.